The Morgan fingerprint density at radius 2 is 2.20 bits per heavy atom. The summed E-state index contributed by atoms with van der Waals surface area (Å²) in [6.45, 7) is 0. The molecule has 0 aliphatic carbocycles. The van der Waals surface area contributed by atoms with Gasteiger partial charge in [0, 0.05) is 15.6 Å². The van der Waals surface area contributed by atoms with Crippen LogP contribution in [-0.4, -0.2) is 10.2 Å². The van der Waals surface area contributed by atoms with Crippen LogP contribution in [0.1, 0.15) is 0 Å². The highest BCUT2D eigenvalue weighted by Crippen LogP contribution is 2.37. The number of benzene rings is 1. The molecule has 3 nitrogen and oxygen atoms in total. The molecule has 0 saturated heterocycles. The number of nitrogen functional groups attached to an aromatic ring is 1. The van der Waals surface area contributed by atoms with E-state index in [-0.39, 0.29) is 16.4 Å². The Labute approximate surface area is 98.6 Å². The molecular weight excluding hydrogens is 284 g/mol. The molecule has 2 rings (SSSR count). The van der Waals surface area contributed by atoms with E-state index in [1.807, 2.05) is 0 Å². The molecule has 0 saturated carbocycles. The van der Waals surface area contributed by atoms with Crippen molar-refractivity contribution in [1.29, 1.82) is 0 Å². The van der Waals surface area contributed by atoms with Crippen molar-refractivity contribution in [2.45, 2.75) is 0 Å². The smallest absolute Gasteiger partial charge is 0.132 e. The molecule has 0 spiro atoms. The van der Waals surface area contributed by atoms with Crippen molar-refractivity contribution < 1.29 is 4.39 Å². The fourth-order valence-corrected chi connectivity index (χ4v) is 1.85. The third-order valence-corrected chi connectivity index (χ3v) is 3.26. The third-order valence-electron chi connectivity index (χ3n) is 1.98. The first kappa shape index (κ1) is 10.4. The van der Waals surface area contributed by atoms with Gasteiger partial charge in [0.2, 0.25) is 0 Å². The molecule has 0 fully saturated rings. The molecule has 1 heterocycles. The van der Waals surface area contributed by atoms with Crippen molar-refractivity contribution in [2.24, 2.45) is 0 Å². The van der Waals surface area contributed by atoms with E-state index in [4.69, 9.17) is 17.3 Å². The summed E-state index contributed by atoms with van der Waals surface area (Å²) in [5, 5.41) is 6.53. The van der Waals surface area contributed by atoms with Crippen LogP contribution in [0.2, 0.25) is 5.02 Å². The molecule has 1 aromatic heterocycles. The van der Waals surface area contributed by atoms with E-state index in [1.54, 1.807) is 0 Å². The Morgan fingerprint density at radius 1 is 1.47 bits per heavy atom. The van der Waals surface area contributed by atoms with E-state index in [1.165, 1.54) is 18.3 Å². The molecule has 3 N–H and O–H groups in total. The summed E-state index contributed by atoms with van der Waals surface area (Å²) in [4.78, 5) is 0. The Hall–Kier alpha value is -1.07. The van der Waals surface area contributed by atoms with Gasteiger partial charge < -0.3 is 5.73 Å². The second kappa shape index (κ2) is 3.83. The minimum Gasteiger partial charge on any atom is -0.384 e. The van der Waals surface area contributed by atoms with Gasteiger partial charge in [-0.2, -0.15) is 5.10 Å². The molecule has 6 heteroatoms. The van der Waals surface area contributed by atoms with Crippen LogP contribution in [0.25, 0.3) is 11.1 Å². The Kier molecular flexibility index (Phi) is 2.67. The van der Waals surface area contributed by atoms with E-state index >= 15 is 0 Å². The summed E-state index contributed by atoms with van der Waals surface area (Å²) >= 11 is 9.20. The van der Waals surface area contributed by atoms with E-state index < -0.39 is 5.82 Å². The van der Waals surface area contributed by atoms with Crippen LogP contribution in [0.5, 0.6) is 0 Å². The van der Waals surface area contributed by atoms with Crippen LogP contribution in [0.3, 0.4) is 0 Å². The Morgan fingerprint density at radius 3 is 2.80 bits per heavy atom. The van der Waals surface area contributed by atoms with Gasteiger partial charge in [-0.15, -0.1) is 0 Å². The zero-order chi connectivity index (χ0) is 11.0. The normalized spacial score (nSPS) is 10.6. The van der Waals surface area contributed by atoms with Gasteiger partial charge in [-0.1, -0.05) is 11.6 Å². The number of rotatable bonds is 1. The largest absolute Gasteiger partial charge is 0.384 e. The molecule has 0 atom stereocenters. The molecule has 0 aliphatic heterocycles. The summed E-state index contributed by atoms with van der Waals surface area (Å²) in [5.74, 6) is -0.148. The molecule has 0 amide bonds. The average molecular weight is 291 g/mol. The van der Waals surface area contributed by atoms with Crippen molar-refractivity contribution >= 4 is 33.3 Å². The number of H-pyrrole nitrogens is 1. The van der Waals surface area contributed by atoms with Crippen molar-refractivity contribution in [3.63, 3.8) is 0 Å². The monoisotopic (exact) mass is 289 g/mol. The van der Waals surface area contributed by atoms with Gasteiger partial charge in [-0.3, -0.25) is 5.10 Å². The molecule has 0 radical (unpaired) electrons. The highest BCUT2D eigenvalue weighted by atomic mass is 79.9. The molecule has 0 aliphatic rings. The molecule has 0 bridgehead atoms. The van der Waals surface area contributed by atoms with Crippen LogP contribution >= 0.6 is 27.5 Å². The predicted molar refractivity (Wildman–Crippen MR) is 61.1 cm³/mol. The topological polar surface area (TPSA) is 54.7 Å². The van der Waals surface area contributed by atoms with Crippen LogP contribution < -0.4 is 5.73 Å². The van der Waals surface area contributed by atoms with Gasteiger partial charge in [0.25, 0.3) is 0 Å². The number of halogens is 3. The van der Waals surface area contributed by atoms with E-state index in [2.05, 4.69) is 26.1 Å². The van der Waals surface area contributed by atoms with Gasteiger partial charge in [0.05, 0.1) is 11.2 Å². The number of nitrogens with one attached hydrogen (secondary N) is 1. The van der Waals surface area contributed by atoms with Gasteiger partial charge in [-0.25, -0.2) is 4.39 Å². The predicted octanol–water partition coefficient (Wildman–Crippen LogP) is 3.21. The number of anilines is 1. The average Bonchev–Trinajstić information content (AvgIpc) is 2.60. The maximum Gasteiger partial charge on any atom is 0.132 e. The second-order valence-electron chi connectivity index (χ2n) is 2.92. The van der Waals surface area contributed by atoms with Crippen LogP contribution in [-0.2, 0) is 0 Å². The lowest BCUT2D eigenvalue weighted by Gasteiger charge is -2.06. The van der Waals surface area contributed by atoms with Gasteiger partial charge in [0.15, 0.2) is 0 Å². The minimum atomic E-state index is -0.434. The van der Waals surface area contributed by atoms with Crippen LogP contribution in [0.4, 0.5) is 10.2 Å². The Bertz CT molecular complexity index is 512. The van der Waals surface area contributed by atoms with Crippen molar-refractivity contribution in [3.8, 4) is 11.1 Å². The number of hydrogen-bond acceptors (Lipinski definition) is 2. The lowest BCUT2D eigenvalue weighted by atomic mass is 10.1. The van der Waals surface area contributed by atoms with E-state index in [9.17, 15) is 4.39 Å². The highest BCUT2D eigenvalue weighted by Gasteiger charge is 2.16. The number of hydrogen-bond donors (Lipinski definition) is 2. The summed E-state index contributed by atoms with van der Waals surface area (Å²) in [6, 6.07) is 2.86. The van der Waals surface area contributed by atoms with E-state index in [0.717, 1.165) is 0 Å². The molecule has 0 unspecified atom stereocenters. The van der Waals surface area contributed by atoms with Crippen molar-refractivity contribution in [3.05, 3.63) is 33.6 Å². The van der Waals surface area contributed by atoms with E-state index in [0.29, 0.717) is 10.0 Å². The maximum atomic E-state index is 13.6. The quantitative estimate of drug-likeness (QED) is 0.792. The van der Waals surface area contributed by atoms with Crippen LogP contribution in [0, 0.1) is 5.82 Å². The Balaban J connectivity index is 2.72. The minimum absolute atomic E-state index is 0.247. The lowest BCUT2D eigenvalue weighted by Crippen LogP contribution is -1.91. The SMILES string of the molecule is Nc1[nH]ncc1-c1c(F)ccc(Br)c1Cl. The summed E-state index contributed by atoms with van der Waals surface area (Å²) in [5.41, 5.74) is 6.31. The zero-order valence-electron chi connectivity index (χ0n) is 7.39. The number of nitrogens with two attached hydrogens (primary N) is 1. The first-order chi connectivity index (χ1) is 7.11. The zero-order valence-corrected chi connectivity index (χ0v) is 9.73. The molecular formula is C9H6BrClFN3. The van der Waals surface area contributed by atoms with Crippen LogP contribution in [0.15, 0.2) is 22.8 Å². The summed E-state index contributed by atoms with van der Waals surface area (Å²) < 4.78 is 14.2. The lowest BCUT2D eigenvalue weighted by molar-refractivity contribution is 0.631. The second-order valence-corrected chi connectivity index (χ2v) is 4.15. The first-order valence-corrected chi connectivity index (χ1v) is 5.21. The van der Waals surface area contributed by atoms with Gasteiger partial charge >= 0.3 is 0 Å². The molecule has 1 aromatic carbocycles. The maximum absolute atomic E-state index is 13.6. The fourth-order valence-electron chi connectivity index (χ4n) is 1.27. The first-order valence-electron chi connectivity index (χ1n) is 4.04. The third kappa shape index (κ3) is 1.72. The van der Waals surface area contributed by atoms with Gasteiger partial charge in [-0.05, 0) is 28.1 Å². The molecule has 2 aromatic rings. The fraction of sp³-hybridized carbons (Fsp3) is 0. The highest BCUT2D eigenvalue weighted by molar-refractivity contribution is 9.10. The number of nitrogens with zero attached hydrogens (tertiary/aromatic N) is 1. The summed E-state index contributed by atoms with van der Waals surface area (Å²) in [6.07, 6.45) is 1.44. The number of aromatic nitrogens is 2. The molecule has 15 heavy (non-hydrogen) atoms. The van der Waals surface area contributed by atoms with Crippen molar-refractivity contribution in [1.82, 2.24) is 10.2 Å². The number of aromatic amines is 1. The summed E-state index contributed by atoms with van der Waals surface area (Å²) in [7, 11) is 0. The molecule has 78 valence electrons. The van der Waals surface area contributed by atoms with Crippen molar-refractivity contribution in [2.75, 3.05) is 5.73 Å². The van der Waals surface area contributed by atoms with Gasteiger partial charge in [0.1, 0.15) is 11.6 Å². The standard InChI is InChI=1S/C9H6BrClFN3/c10-5-1-2-6(12)7(8(5)11)4-3-14-15-9(4)13/h1-3H,(H3,13,14,15).